The Morgan fingerprint density at radius 3 is 2.21 bits per heavy atom. The number of fused-ring (bicyclic) bond motifs is 1. The highest BCUT2D eigenvalue weighted by molar-refractivity contribution is 5.89. The van der Waals surface area contributed by atoms with Gasteiger partial charge in [-0.15, -0.1) is 0 Å². The molecule has 0 bridgehead atoms. The maximum atomic E-state index is 12.4. The van der Waals surface area contributed by atoms with Gasteiger partial charge in [0.1, 0.15) is 18.0 Å². The molecule has 0 aromatic heterocycles. The number of anilines is 2. The monoisotopic (exact) mass is 455 g/mol. The van der Waals surface area contributed by atoms with Gasteiger partial charge < -0.3 is 29.6 Å². The summed E-state index contributed by atoms with van der Waals surface area (Å²) < 4.78 is 22.2. The van der Waals surface area contributed by atoms with Crippen molar-refractivity contribution in [2.45, 2.75) is 44.1 Å². The van der Waals surface area contributed by atoms with Crippen LogP contribution < -0.4 is 20.7 Å². The Hall–Kier alpha value is -3.30. The third-order valence-corrected chi connectivity index (χ3v) is 5.75. The Balaban J connectivity index is 1.26. The number of amides is 3. The van der Waals surface area contributed by atoms with Gasteiger partial charge in [-0.2, -0.15) is 0 Å². The van der Waals surface area contributed by atoms with Crippen LogP contribution in [0.1, 0.15) is 25.3 Å². The van der Waals surface area contributed by atoms with E-state index in [4.69, 9.17) is 18.9 Å². The molecule has 2 aromatic rings. The molecule has 9 heteroatoms. The van der Waals surface area contributed by atoms with Crippen molar-refractivity contribution < 1.29 is 28.5 Å². The van der Waals surface area contributed by atoms with Gasteiger partial charge in [0.25, 0.3) is 0 Å². The van der Waals surface area contributed by atoms with Crippen LogP contribution in [0.25, 0.3) is 0 Å². The van der Waals surface area contributed by atoms with Gasteiger partial charge in [-0.3, -0.25) is 5.32 Å². The fourth-order valence-electron chi connectivity index (χ4n) is 3.94. The molecule has 3 N–H and O–H groups in total. The number of urea groups is 1. The summed E-state index contributed by atoms with van der Waals surface area (Å²) in [4.78, 5) is 24.7. The number of methoxy groups -OCH3 is 1. The Kier molecular flexibility index (Phi) is 7.00. The van der Waals surface area contributed by atoms with E-state index in [1.165, 1.54) is 5.56 Å². The van der Waals surface area contributed by atoms with Gasteiger partial charge in [0.15, 0.2) is 6.10 Å². The summed E-state index contributed by atoms with van der Waals surface area (Å²) in [5.41, 5.74) is 2.49. The van der Waals surface area contributed by atoms with Gasteiger partial charge in [0.05, 0.1) is 26.4 Å². The molecule has 2 heterocycles. The molecule has 0 spiro atoms. The van der Waals surface area contributed by atoms with E-state index < -0.39 is 24.4 Å². The van der Waals surface area contributed by atoms with E-state index in [-0.39, 0.29) is 25.3 Å². The van der Waals surface area contributed by atoms with Crippen molar-refractivity contribution in [2.24, 2.45) is 0 Å². The van der Waals surface area contributed by atoms with E-state index in [0.717, 1.165) is 0 Å². The summed E-state index contributed by atoms with van der Waals surface area (Å²) in [6, 6.07) is 14.0. The zero-order chi connectivity index (χ0) is 23.4. The molecule has 2 aliphatic heterocycles. The lowest BCUT2D eigenvalue weighted by Gasteiger charge is -2.18. The average molecular weight is 456 g/mol. The number of nitrogens with one attached hydrogen (secondary N) is 3. The van der Waals surface area contributed by atoms with Gasteiger partial charge in [0, 0.05) is 11.4 Å². The minimum Gasteiger partial charge on any atom is -0.497 e. The van der Waals surface area contributed by atoms with Crippen LogP contribution in [0.5, 0.6) is 5.75 Å². The first-order valence-corrected chi connectivity index (χ1v) is 11.0. The molecular weight excluding hydrogens is 426 g/mol. The number of hydrogen-bond acceptors (Lipinski definition) is 6. The zero-order valence-electron chi connectivity index (χ0n) is 18.9. The Labute approximate surface area is 192 Å². The Morgan fingerprint density at radius 2 is 1.55 bits per heavy atom. The SMILES string of the molecule is COc1ccc(NC(=O)O[C@@H]2CO[C@H]3[C@H]2OC[C@H]3NC(=O)Nc2ccc(C(C)C)cc2)cc1. The highest BCUT2D eigenvalue weighted by atomic mass is 16.6. The topological polar surface area (TPSA) is 107 Å². The van der Waals surface area contributed by atoms with Crippen LogP contribution in [0.15, 0.2) is 48.5 Å². The number of ether oxygens (including phenoxy) is 4. The van der Waals surface area contributed by atoms with E-state index in [1.807, 2.05) is 24.3 Å². The first kappa shape index (κ1) is 22.9. The smallest absolute Gasteiger partial charge is 0.412 e. The zero-order valence-corrected chi connectivity index (χ0v) is 18.9. The number of carbonyl (C=O) groups is 2. The quantitative estimate of drug-likeness (QED) is 0.613. The first-order chi connectivity index (χ1) is 15.9. The van der Waals surface area contributed by atoms with Gasteiger partial charge in [0.2, 0.25) is 0 Å². The number of benzene rings is 2. The van der Waals surface area contributed by atoms with E-state index in [1.54, 1.807) is 31.4 Å². The maximum Gasteiger partial charge on any atom is 0.412 e. The normalized spacial score (nSPS) is 23.6. The second kappa shape index (κ2) is 10.1. The molecule has 0 radical (unpaired) electrons. The standard InChI is InChI=1S/C24H29N3O6/c1-14(2)15-4-6-16(7-5-15)25-23(28)27-19-12-31-22-20(13-32-21(19)22)33-24(29)26-17-8-10-18(30-3)11-9-17/h4-11,14,19-22H,12-13H2,1-3H3,(H,26,29)(H2,25,27,28)/t19-,20-,21-,22+/m1/s1. The lowest BCUT2D eigenvalue weighted by Crippen LogP contribution is -2.46. The van der Waals surface area contributed by atoms with Crippen LogP contribution in [0.3, 0.4) is 0 Å². The van der Waals surface area contributed by atoms with Crippen LogP contribution in [-0.2, 0) is 14.2 Å². The van der Waals surface area contributed by atoms with E-state index in [0.29, 0.717) is 23.0 Å². The third-order valence-electron chi connectivity index (χ3n) is 5.75. The van der Waals surface area contributed by atoms with E-state index >= 15 is 0 Å². The fourth-order valence-corrected chi connectivity index (χ4v) is 3.94. The summed E-state index contributed by atoms with van der Waals surface area (Å²) in [6.45, 7) is 4.71. The van der Waals surface area contributed by atoms with Crippen LogP contribution in [0.4, 0.5) is 21.0 Å². The van der Waals surface area contributed by atoms with Crippen molar-refractivity contribution in [3.63, 3.8) is 0 Å². The molecule has 2 saturated heterocycles. The van der Waals surface area contributed by atoms with Crippen molar-refractivity contribution in [1.82, 2.24) is 5.32 Å². The molecule has 2 aliphatic rings. The number of hydrogen-bond donors (Lipinski definition) is 3. The summed E-state index contributed by atoms with van der Waals surface area (Å²) in [5, 5.41) is 8.39. The molecule has 3 amide bonds. The highest BCUT2D eigenvalue weighted by Crippen LogP contribution is 2.29. The minimum absolute atomic E-state index is 0.196. The molecule has 0 unspecified atom stereocenters. The highest BCUT2D eigenvalue weighted by Gasteiger charge is 2.50. The van der Waals surface area contributed by atoms with Gasteiger partial charge in [-0.1, -0.05) is 26.0 Å². The van der Waals surface area contributed by atoms with Crippen LogP contribution >= 0.6 is 0 Å². The molecule has 0 aliphatic carbocycles. The van der Waals surface area contributed by atoms with Crippen molar-refractivity contribution in [2.75, 3.05) is 31.0 Å². The molecular formula is C24H29N3O6. The minimum atomic E-state index is -0.600. The molecule has 9 nitrogen and oxygen atoms in total. The Morgan fingerprint density at radius 1 is 0.909 bits per heavy atom. The second-order valence-electron chi connectivity index (χ2n) is 8.37. The number of rotatable bonds is 6. The molecule has 33 heavy (non-hydrogen) atoms. The molecule has 4 rings (SSSR count). The average Bonchev–Trinajstić information content (AvgIpc) is 3.38. The van der Waals surface area contributed by atoms with Crippen molar-refractivity contribution in [3.8, 4) is 5.75 Å². The van der Waals surface area contributed by atoms with Crippen molar-refractivity contribution >= 4 is 23.5 Å². The summed E-state index contributed by atoms with van der Waals surface area (Å²) in [7, 11) is 1.57. The Bertz CT molecular complexity index is 963. The largest absolute Gasteiger partial charge is 0.497 e. The maximum absolute atomic E-state index is 12.4. The van der Waals surface area contributed by atoms with Crippen molar-refractivity contribution in [3.05, 3.63) is 54.1 Å². The van der Waals surface area contributed by atoms with E-state index in [9.17, 15) is 9.59 Å². The first-order valence-electron chi connectivity index (χ1n) is 11.0. The van der Waals surface area contributed by atoms with Crippen LogP contribution in [-0.4, -0.2) is 56.8 Å². The predicted octanol–water partition coefficient (Wildman–Crippen LogP) is 3.72. The molecule has 2 aromatic carbocycles. The number of carbonyl (C=O) groups excluding carboxylic acids is 2. The lowest BCUT2D eigenvalue weighted by molar-refractivity contribution is 0.00873. The second-order valence-corrected chi connectivity index (χ2v) is 8.37. The van der Waals surface area contributed by atoms with Gasteiger partial charge >= 0.3 is 12.1 Å². The predicted molar refractivity (Wildman–Crippen MR) is 123 cm³/mol. The molecule has 0 saturated carbocycles. The third kappa shape index (κ3) is 5.55. The van der Waals surface area contributed by atoms with Crippen LogP contribution in [0.2, 0.25) is 0 Å². The molecule has 176 valence electrons. The van der Waals surface area contributed by atoms with Crippen molar-refractivity contribution in [1.29, 1.82) is 0 Å². The molecule has 2 fully saturated rings. The lowest BCUT2D eigenvalue weighted by atomic mass is 10.0. The van der Waals surface area contributed by atoms with Gasteiger partial charge in [-0.25, -0.2) is 9.59 Å². The van der Waals surface area contributed by atoms with Crippen LogP contribution in [0, 0.1) is 0 Å². The summed E-state index contributed by atoms with van der Waals surface area (Å²) >= 11 is 0. The van der Waals surface area contributed by atoms with E-state index in [2.05, 4.69) is 29.8 Å². The molecule has 4 atom stereocenters. The summed E-state index contributed by atoms with van der Waals surface area (Å²) in [5.74, 6) is 1.11. The summed E-state index contributed by atoms with van der Waals surface area (Å²) in [6.07, 6.45) is -2.00. The fraction of sp³-hybridized carbons (Fsp3) is 0.417. The van der Waals surface area contributed by atoms with Gasteiger partial charge in [-0.05, 0) is 47.9 Å².